The van der Waals surface area contributed by atoms with Crippen LogP contribution in [0.3, 0.4) is 0 Å². The molecule has 0 aliphatic heterocycles. The maximum Gasteiger partial charge on any atom is 0.339 e. The number of para-hydroxylation sites is 1. The van der Waals surface area contributed by atoms with Crippen molar-refractivity contribution in [3.63, 3.8) is 0 Å². The zero-order chi connectivity index (χ0) is 14.5. The summed E-state index contributed by atoms with van der Waals surface area (Å²) in [6.45, 7) is 0. The van der Waals surface area contributed by atoms with Gasteiger partial charge in [-0.2, -0.15) is 0 Å². The molecule has 0 saturated heterocycles. The Morgan fingerprint density at radius 2 is 1.55 bits per heavy atom. The van der Waals surface area contributed by atoms with Crippen LogP contribution in [0.1, 0.15) is 20.7 Å². The van der Waals surface area contributed by atoms with Crippen LogP contribution >= 0.6 is 0 Å². The van der Waals surface area contributed by atoms with Gasteiger partial charge in [0.15, 0.2) is 11.5 Å². The van der Waals surface area contributed by atoms with Crippen molar-refractivity contribution in [2.45, 2.75) is 0 Å². The van der Waals surface area contributed by atoms with Crippen molar-refractivity contribution in [2.24, 2.45) is 0 Å². The van der Waals surface area contributed by atoms with Crippen molar-refractivity contribution in [3.8, 4) is 11.5 Å². The lowest BCUT2D eigenvalue weighted by molar-refractivity contribution is -0.101. The summed E-state index contributed by atoms with van der Waals surface area (Å²) in [6.07, 6.45) is 0. The third-order valence-electron chi connectivity index (χ3n) is 2.43. The van der Waals surface area contributed by atoms with Crippen molar-refractivity contribution in [2.75, 3.05) is 0 Å². The fourth-order valence-corrected chi connectivity index (χ4v) is 1.47. The second-order valence-electron chi connectivity index (χ2n) is 3.80. The van der Waals surface area contributed by atoms with E-state index < -0.39 is 11.9 Å². The molecule has 0 atom stereocenters. The van der Waals surface area contributed by atoms with E-state index in [0.717, 1.165) is 12.1 Å². The average molecular weight is 274 g/mol. The summed E-state index contributed by atoms with van der Waals surface area (Å²) in [5.74, 6) is -2.24. The minimum absolute atomic E-state index is 0.0957. The summed E-state index contributed by atoms with van der Waals surface area (Å²) >= 11 is 0. The summed E-state index contributed by atoms with van der Waals surface area (Å²) < 4.78 is 0. The molecule has 0 aliphatic rings. The topological polar surface area (TPSA) is 93.1 Å². The zero-order valence-electron chi connectivity index (χ0n) is 10.1. The van der Waals surface area contributed by atoms with Crippen molar-refractivity contribution in [1.82, 2.24) is 0 Å². The maximum absolute atomic E-state index is 11.0. The predicted molar refractivity (Wildman–Crippen MR) is 68.1 cm³/mol. The maximum atomic E-state index is 11.0. The zero-order valence-corrected chi connectivity index (χ0v) is 10.1. The molecular weight excluding hydrogens is 264 g/mol. The molecule has 6 nitrogen and oxygen atoms in total. The SMILES string of the molecule is O=C(O)c1ccc(C(=O)O)c(OOc2ccccc2)c1. The van der Waals surface area contributed by atoms with Crippen LogP contribution in [0, 0.1) is 0 Å². The minimum Gasteiger partial charge on any atom is -0.478 e. The van der Waals surface area contributed by atoms with Crippen molar-refractivity contribution >= 4 is 11.9 Å². The second-order valence-corrected chi connectivity index (χ2v) is 3.80. The molecule has 2 rings (SSSR count). The highest BCUT2D eigenvalue weighted by atomic mass is 17.2. The standard InChI is InChI=1S/C14H10O6/c15-13(16)9-6-7-11(14(17)18)12(8-9)20-19-10-4-2-1-3-5-10/h1-8H,(H,15,16)(H,17,18). The van der Waals surface area contributed by atoms with Crippen LogP contribution in [-0.4, -0.2) is 22.2 Å². The first-order chi connectivity index (χ1) is 9.58. The van der Waals surface area contributed by atoms with Crippen molar-refractivity contribution < 1.29 is 29.6 Å². The molecule has 0 amide bonds. The number of carboxylic acids is 2. The highest BCUT2D eigenvalue weighted by Gasteiger charge is 2.16. The van der Waals surface area contributed by atoms with E-state index in [4.69, 9.17) is 20.0 Å². The number of rotatable bonds is 5. The van der Waals surface area contributed by atoms with Crippen LogP contribution in [0.25, 0.3) is 0 Å². The van der Waals surface area contributed by atoms with Gasteiger partial charge in [0.25, 0.3) is 0 Å². The van der Waals surface area contributed by atoms with Gasteiger partial charge in [0.2, 0.25) is 0 Å². The van der Waals surface area contributed by atoms with Crippen LogP contribution in [0.2, 0.25) is 0 Å². The first-order valence-electron chi connectivity index (χ1n) is 5.58. The van der Waals surface area contributed by atoms with Crippen LogP contribution in [0.15, 0.2) is 48.5 Å². The molecule has 20 heavy (non-hydrogen) atoms. The Balaban J connectivity index is 2.26. The van der Waals surface area contributed by atoms with E-state index >= 15 is 0 Å². The van der Waals surface area contributed by atoms with E-state index in [1.807, 2.05) is 0 Å². The molecule has 102 valence electrons. The highest BCUT2D eigenvalue weighted by Crippen LogP contribution is 2.22. The Bertz CT molecular complexity index is 635. The van der Waals surface area contributed by atoms with E-state index in [9.17, 15) is 9.59 Å². The first-order valence-corrected chi connectivity index (χ1v) is 5.58. The molecule has 0 spiro atoms. The summed E-state index contributed by atoms with van der Waals surface area (Å²) in [6, 6.07) is 11.9. The molecule has 0 aliphatic carbocycles. The molecule has 0 fully saturated rings. The number of hydrogen-bond acceptors (Lipinski definition) is 4. The lowest BCUT2D eigenvalue weighted by Gasteiger charge is -2.08. The van der Waals surface area contributed by atoms with Gasteiger partial charge in [-0.25, -0.2) is 9.59 Å². The molecular formula is C14H10O6. The molecule has 0 saturated carbocycles. The largest absolute Gasteiger partial charge is 0.478 e. The van der Waals surface area contributed by atoms with Crippen LogP contribution in [0.5, 0.6) is 11.5 Å². The Morgan fingerprint density at radius 1 is 0.850 bits per heavy atom. The van der Waals surface area contributed by atoms with Gasteiger partial charge in [0, 0.05) is 6.07 Å². The van der Waals surface area contributed by atoms with E-state index in [0.29, 0.717) is 5.75 Å². The smallest absolute Gasteiger partial charge is 0.339 e. The second kappa shape index (κ2) is 5.75. The first kappa shape index (κ1) is 13.4. The third-order valence-corrected chi connectivity index (χ3v) is 2.43. The fraction of sp³-hybridized carbons (Fsp3) is 0. The summed E-state index contributed by atoms with van der Waals surface area (Å²) in [5, 5.41) is 17.9. The average Bonchev–Trinajstić information content (AvgIpc) is 2.45. The molecule has 0 unspecified atom stereocenters. The van der Waals surface area contributed by atoms with Gasteiger partial charge in [-0.3, -0.25) is 9.78 Å². The van der Waals surface area contributed by atoms with Gasteiger partial charge < -0.3 is 10.2 Å². The Hall–Kier alpha value is -3.02. The Kier molecular flexibility index (Phi) is 3.85. The summed E-state index contributed by atoms with van der Waals surface area (Å²) in [4.78, 5) is 31.8. The fourth-order valence-electron chi connectivity index (χ4n) is 1.47. The Morgan fingerprint density at radius 3 is 2.15 bits per heavy atom. The molecule has 2 aromatic carbocycles. The van der Waals surface area contributed by atoms with Gasteiger partial charge in [0.1, 0.15) is 5.56 Å². The third kappa shape index (κ3) is 3.05. The Labute approximate surface area is 113 Å². The summed E-state index contributed by atoms with van der Waals surface area (Å²) in [5.41, 5.74) is -0.285. The van der Waals surface area contributed by atoms with E-state index in [2.05, 4.69) is 0 Å². The number of benzene rings is 2. The lowest BCUT2D eigenvalue weighted by atomic mass is 10.1. The quantitative estimate of drug-likeness (QED) is 0.642. The highest BCUT2D eigenvalue weighted by molar-refractivity contribution is 5.94. The number of hydrogen-bond donors (Lipinski definition) is 2. The van der Waals surface area contributed by atoms with E-state index in [1.54, 1.807) is 30.3 Å². The normalized spacial score (nSPS) is 9.80. The van der Waals surface area contributed by atoms with E-state index in [-0.39, 0.29) is 16.9 Å². The lowest BCUT2D eigenvalue weighted by Crippen LogP contribution is -2.08. The number of carboxylic acid groups (broad SMARTS) is 2. The van der Waals surface area contributed by atoms with Crippen LogP contribution in [-0.2, 0) is 0 Å². The van der Waals surface area contributed by atoms with Gasteiger partial charge in [0.05, 0.1) is 5.56 Å². The summed E-state index contributed by atoms with van der Waals surface area (Å²) in [7, 11) is 0. The minimum atomic E-state index is -1.24. The molecule has 2 aromatic rings. The van der Waals surface area contributed by atoms with Crippen molar-refractivity contribution in [1.29, 1.82) is 0 Å². The number of carbonyl (C=O) groups is 2. The predicted octanol–water partition coefficient (Wildman–Crippen LogP) is 2.46. The van der Waals surface area contributed by atoms with E-state index in [1.165, 1.54) is 6.07 Å². The van der Waals surface area contributed by atoms with Crippen LogP contribution in [0.4, 0.5) is 0 Å². The number of aromatic carboxylic acids is 2. The molecule has 0 bridgehead atoms. The molecule has 2 N–H and O–H groups in total. The molecule has 0 radical (unpaired) electrons. The van der Waals surface area contributed by atoms with Gasteiger partial charge in [-0.1, -0.05) is 18.2 Å². The van der Waals surface area contributed by atoms with Gasteiger partial charge >= 0.3 is 11.9 Å². The molecule has 0 aromatic heterocycles. The molecule has 0 heterocycles. The van der Waals surface area contributed by atoms with Gasteiger partial charge in [-0.15, -0.1) is 0 Å². The monoisotopic (exact) mass is 274 g/mol. The van der Waals surface area contributed by atoms with Crippen LogP contribution < -0.4 is 9.78 Å². The molecule has 6 heteroatoms. The van der Waals surface area contributed by atoms with Crippen molar-refractivity contribution in [3.05, 3.63) is 59.7 Å². The van der Waals surface area contributed by atoms with Gasteiger partial charge in [-0.05, 0) is 24.3 Å².